The number of nitro benzene ring substituents is 2. The Balaban J connectivity index is 3.29. The normalized spacial score (nSPS) is 10.4. The fraction of sp³-hybridized carbons (Fsp3) is 0.111. The zero-order valence-corrected chi connectivity index (χ0v) is 8.48. The van der Waals surface area contributed by atoms with Crippen molar-refractivity contribution >= 4 is 29.6 Å². The Bertz CT molecular complexity index is 497. The number of aliphatic imine (C=N–C) groups is 1. The molecule has 1 rings (SSSR count). The maximum atomic E-state index is 10.7. The van der Waals surface area contributed by atoms with E-state index in [0.717, 1.165) is 12.3 Å². The van der Waals surface area contributed by atoms with Crippen molar-refractivity contribution in [1.29, 1.82) is 0 Å². The third-order valence-corrected chi connectivity index (χ3v) is 1.80. The van der Waals surface area contributed by atoms with Crippen LogP contribution in [0.1, 0.15) is 6.42 Å². The maximum absolute atomic E-state index is 10.7. The van der Waals surface area contributed by atoms with Crippen LogP contribution in [-0.2, 0) is 4.79 Å². The summed E-state index contributed by atoms with van der Waals surface area (Å²) < 4.78 is 0. The van der Waals surface area contributed by atoms with Gasteiger partial charge >= 0.3 is 11.4 Å². The molecule has 0 unspecified atom stereocenters. The van der Waals surface area contributed by atoms with Crippen LogP contribution in [0.25, 0.3) is 0 Å². The van der Waals surface area contributed by atoms with Gasteiger partial charge in [-0.15, -0.1) is 0 Å². The molecule has 8 nitrogen and oxygen atoms in total. The smallest absolute Gasteiger partial charge is 0.303 e. The average molecular weight is 237 g/mol. The first-order valence-corrected chi connectivity index (χ1v) is 4.46. The molecule has 0 radical (unpaired) electrons. The lowest BCUT2D eigenvalue weighted by Gasteiger charge is -1.97. The number of nitro groups is 2. The molecule has 8 heteroatoms. The Kier molecular flexibility index (Phi) is 3.98. The second-order valence-electron chi connectivity index (χ2n) is 2.87. The van der Waals surface area contributed by atoms with Gasteiger partial charge in [0.25, 0.3) is 0 Å². The minimum atomic E-state index is -0.869. The summed E-state index contributed by atoms with van der Waals surface area (Å²) in [6.45, 7) is 0. The van der Waals surface area contributed by atoms with E-state index in [0.29, 0.717) is 6.29 Å². The molecule has 0 aliphatic rings. The lowest BCUT2D eigenvalue weighted by Crippen LogP contribution is -1.96. The highest BCUT2D eigenvalue weighted by atomic mass is 16.6. The summed E-state index contributed by atoms with van der Waals surface area (Å²) in [5.41, 5.74) is -1.46. The van der Waals surface area contributed by atoms with Gasteiger partial charge in [0.1, 0.15) is 12.0 Å². The first-order valence-electron chi connectivity index (χ1n) is 4.46. The van der Waals surface area contributed by atoms with Crippen molar-refractivity contribution in [2.75, 3.05) is 0 Å². The zero-order valence-electron chi connectivity index (χ0n) is 8.48. The summed E-state index contributed by atoms with van der Waals surface area (Å²) in [5, 5.41) is 21.3. The number of rotatable bonds is 5. The van der Waals surface area contributed by atoms with Crippen LogP contribution in [0.15, 0.2) is 23.2 Å². The number of carbonyl (C=O) groups excluding carboxylic acids is 1. The molecule has 0 aliphatic carbocycles. The molecule has 0 N–H and O–H groups in total. The van der Waals surface area contributed by atoms with Gasteiger partial charge in [0, 0.05) is 18.7 Å². The number of benzene rings is 1. The van der Waals surface area contributed by atoms with E-state index >= 15 is 0 Å². The topological polar surface area (TPSA) is 116 Å². The molecule has 88 valence electrons. The van der Waals surface area contributed by atoms with E-state index in [-0.39, 0.29) is 12.1 Å². The summed E-state index contributed by atoms with van der Waals surface area (Å²) in [6, 6.07) is 3.59. The fourth-order valence-corrected chi connectivity index (χ4v) is 1.15. The molecule has 1 aromatic carbocycles. The fourth-order valence-electron chi connectivity index (χ4n) is 1.15. The van der Waals surface area contributed by atoms with Crippen LogP contribution >= 0.6 is 0 Å². The highest BCUT2D eigenvalue weighted by Gasteiger charge is 2.27. The van der Waals surface area contributed by atoms with E-state index < -0.39 is 21.2 Å². The van der Waals surface area contributed by atoms with Crippen molar-refractivity contribution in [3.05, 3.63) is 38.4 Å². The molecule has 0 amide bonds. The van der Waals surface area contributed by atoms with Gasteiger partial charge in [-0.2, -0.15) is 0 Å². The van der Waals surface area contributed by atoms with E-state index in [9.17, 15) is 25.0 Å². The van der Waals surface area contributed by atoms with Crippen molar-refractivity contribution in [3.8, 4) is 0 Å². The lowest BCUT2D eigenvalue weighted by molar-refractivity contribution is -0.421. The van der Waals surface area contributed by atoms with Crippen LogP contribution < -0.4 is 0 Å². The molecule has 0 aliphatic heterocycles. The van der Waals surface area contributed by atoms with Crippen LogP contribution in [0.4, 0.5) is 17.1 Å². The van der Waals surface area contributed by atoms with Crippen LogP contribution in [0, 0.1) is 20.2 Å². The van der Waals surface area contributed by atoms with E-state index in [4.69, 9.17) is 0 Å². The van der Waals surface area contributed by atoms with E-state index in [1.807, 2.05) is 0 Å². The van der Waals surface area contributed by atoms with Crippen molar-refractivity contribution in [3.63, 3.8) is 0 Å². The van der Waals surface area contributed by atoms with E-state index in [1.165, 1.54) is 12.1 Å². The van der Waals surface area contributed by atoms with Crippen LogP contribution in [0.3, 0.4) is 0 Å². The zero-order chi connectivity index (χ0) is 12.8. The highest BCUT2D eigenvalue weighted by molar-refractivity contribution is 5.80. The third-order valence-electron chi connectivity index (χ3n) is 1.80. The molecular weight excluding hydrogens is 230 g/mol. The Morgan fingerprint density at radius 1 is 1.24 bits per heavy atom. The van der Waals surface area contributed by atoms with E-state index in [1.54, 1.807) is 0 Å². The van der Waals surface area contributed by atoms with Crippen molar-refractivity contribution in [2.45, 2.75) is 6.42 Å². The molecular formula is C9H7N3O5. The predicted molar refractivity (Wildman–Crippen MR) is 58.6 cm³/mol. The SMILES string of the molecule is O=CCC=Nc1cccc([N+](=O)[O-])c1[N+](=O)[O-]. The predicted octanol–water partition coefficient (Wildman–Crippen LogP) is 1.79. The summed E-state index contributed by atoms with van der Waals surface area (Å²) in [7, 11) is 0. The molecule has 0 bridgehead atoms. The van der Waals surface area contributed by atoms with Crippen LogP contribution in [-0.4, -0.2) is 22.3 Å². The van der Waals surface area contributed by atoms with Crippen LogP contribution in [0.2, 0.25) is 0 Å². The first kappa shape index (κ1) is 12.4. The van der Waals surface area contributed by atoms with Gasteiger partial charge in [0.2, 0.25) is 0 Å². The Morgan fingerprint density at radius 2 is 1.94 bits per heavy atom. The van der Waals surface area contributed by atoms with Gasteiger partial charge in [-0.3, -0.25) is 25.2 Å². The molecule has 17 heavy (non-hydrogen) atoms. The van der Waals surface area contributed by atoms with Crippen molar-refractivity contribution in [1.82, 2.24) is 0 Å². The Hall–Kier alpha value is -2.64. The first-order chi connectivity index (χ1) is 8.07. The van der Waals surface area contributed by atoms with Crippen LogP contribution in [0.5, 0.6) is 0 Å². The van der Waals surface area contributed by atoms with Crippen molar-refractivity contribution < 1.29 is 14.6 Å². The molecule has 0 fully saturated rings. The number of carbonyl (C=O) groups is 1. The second-order valence-corrected chi connectivity index (χ2v) is 2.87. The minimum Gasteiger partial charge on any atom is -0.303 e. The third kappa shape index (κ3) is 2.91. The summed E-state index contributed by atoms with van der Waals surface area (Å²) in [4.78, 5) is 33.3. The Morgan fingerprint density at radius 3 is 2.47 bits per heavy atom. The molecule has 0 saturated carbocycles. The number of para-hydroxylation sites is 1. The summed E-state index contributed by atoms with van der Waals surface area (Å²) in [5.74, 6) is 0. The monoisotopic (exact) mass is 237 g/mol. The summed E-state index contributed by atoms with van der Waals surface area (Å²) in [6.07, 6.45) is 1.70. The number of nitrogens with zero attached hydrogens (tertiary/aromatic N) is 3. The number of hydrogen-bond acceptors (Lipinski definition) is 6. The maximum Gasteiger partial charge on any atom is 0.371 e. The van der Waals surface area contributed by atoms with Gasteiger partial charge < -0.3 is 4.79 Å². The van der Waals surface area contributed by atoms with Gasteiger partial charge in [0.05, 0.1) is 9.85 Å². The Labute approximate surface area is 94.9 Å². The lowest BCUT2D eigenvalue weighted by atomic mass is 10.2. The standard InChI is InChI=1S/C9H7N3O5/c13-6-2-5-10-7-3-1-4-8(11(14)15)9(7)12(16)17/h1,3-6H,2H2. The second kappa shape index (κ2) is 5.45. The van der Waals surface area contributed by atoms with Gasteiger partial charge in [-0.1, -0.05) is 6.07 Å². The molecule has 1 aromatic rings. The van der Waals surface area contributed by atoms with Gasteiger partial charge in [-0.25, -0.2) is 0 Å². The molecule has 0 spiro atoms. The minimum absolute atomic E-state index is 0.0140. The van der Waals surface area contributed by atoms with Gasteiger partial charge in [0.15, 0.2) is 0 Å². The van der Waals surface area contributed by atoms with E-state index in [2.05, 4.69) is 4.99 Å². The largest absolute Gasteiger partial charge is 0.371 e. The molecule has 0 aromatic heterocycles. The molecule has 0 atom stereocenters. The molecule has 0 heterocycles. The van der Waals surface area contributed by atoms with Gasteiger partial charge in [-0.05, 0) is 6.07 Å². The average Bonchev–Trinajstić information content (AvgIpc) is 2.28. The number of hydrogen-bond donors (Lipinski definition) is 0. The highest BCUT2D eigenvalue weighted by Crippen LogP contribution is 2.35. The molecule has 0 saturated heterocycles. The quantitative estimate of drug-likeness (QED) is 0.335. The summed E-state index contributed by atoms with van der Waals surface area (Å²) >= 11 is 0. The number of aldehydes is 1. The van der Waals surface area contributed by atoms with Crippen molar-refractivity contribution in [2.24, 2.45) is 4.99 Å².